The van der Waals surface area contributed by atoms with Gasteiger partial charge in [0.15, 0.2) is 0 Å². The third-order valence-corrected chi connectivity index (χ3v) is 3.42. The van der Waals surface area contributed by atoms with Crippen molar-refractivity contribution in [3.8, 4) is 5.75 Å². The minimum atomic E-state index is 0.320. The summed E-state index contributed by atoms with van der Waals surface area (Å²) in [7, 11) is 5.90. The number of hydrogen-bond donors (Lipinski definition) is 2. The van der Waals surface area contributed by atoms with Crippen molar-refractivity contribution in [2.45, 2.75) is 12.6 Å². The van der Waals surface area contributed by atoms with Gasteiger partial charge in [-0.25, -0.2) is 0 Å². The third-order valence-electron chi connectivity index (χ3n) is 3.42. The van der Waals surface area contributed by atoms with Crippen LogP contribution >= 0.6 is 0 Å². The van der Waals surface area contributed by atoms with Gasteiger partial charge in [0, 0.05) is 31.0 Å². The van der Waals surface area contributed by atoms with Crippen molar-refractivity contribution in [3.05, 3.63) is 53.9 Å². The first-order valence-electron chi connectivity index (χ1n) is 6.84. The molecular weight excluding hydrogens is 250 g/mol. The van der Waals surface area contributed by atoms with Gasteiger partial charge in [-0.15, -0.1) is 0 Å². The number of likely N-dealkylation sites (N-methyl/N-ethyl adjacent to an activating group) is 1. The van der Waals surface area contributed by atoms with E-state index in [4.69, 9.17) is 4.74 Å². The zero-order valence-corrected chi connectivity index (χ0v) is 12.4. The second kappa shape index (κ2) is 7.12. The smallest absolute Gasteiger partial charge is 0.119 e. The number of H-pyrrole nitrogens is 1. The lowest BCUT2D eigenvalue weighted by Gasteiger charge is -2.25. The van der Waals surface area contributed by atoms with Crippen LogP contribution in [0.3, 0.4) is 0 Å². The Kier molecular flexibility index (Phi) is 5.21. The summed E-state index contributed by atoms with van der Waals surface area (Å²) in [4.78, 5) is 5.42. The third kappa shape index (κ3) is 3.85. The molecule has 1 atom stereocenters. The topological polar surface area (TPSA) is 40.3 Å². The Hall–Kier alpha value is -1.78. The van der Waals surface area contributed by atoms with Crippen molar-refractivity contribution in [1.29, 1.82) is 0 Å². The number of methoxy groups -OCH3 is 1. The molecule has 0 spiro atoms. The second-order valence-corrected chi connectivity index (χ2v) is 5.08. The fourth-order valence-corrected chi connectivity index (χ4v) is 2.27. The molecule has 4 nitrogen and oxygen atoms in total. The molecule has 20 heavy (non-hydrogen) atoms. The number of nitrogens with one attached hydrogen (secondary N) is 2. The van der Waals surface area contributed by atoms with E-state index >= 15 is 0 Å². The van der Waals surface area contributed by atoms with E-state index in [2.05, 4.69) is 47.5 Å². The van der Waals surface area contributed by atoms with Crippen molar-refractivity contribution < 1.29 is 4.74 Å². The van der Waals surface area contributed by atoms with Gasteiger partial charge in [0.25, 0.3) is 0 Å². The molecule has 0 amide bonds. The number of nitrogens with zero attached hydrogens (tertiary/aromatic N) is 1. The first kappa shape index (κ1) is 14.6. The number of benzene rings is 1. The number of aromatic amines is 1. The molecule has 0 saturated carbocycles. The summed E-state index contributed by atoms with van der Waals surface area (Å²) in [6.07, 6.45) is 1.95. The standard InChI is InChI=1S/C16H23N3O/c1-19(2)16(12-17-11-14-7-5-9-18-14)13-6-4-8-15(10-13)20-3/h4-10,16-18H,11-12H2,1-3H3. The van der Waals surface area contributed by atoms with Crippen LogP contribution in [0.25, 0.3) is 0 Å². The average molecular weight is 273 g/mol. The van der Waals surface area contributed by atoms with Gasteiger partial charge < -0.3 is 19.9 Å². The quantitative estimate of drug-likeness (QED) is 0.814. The van der Waals surface area contributed by atoms with Crippen LogP contribution in [0, 0.1) is 0 Å². The van der Waals surface area contributed by atoms with Gasteiger partial charge in [-0.1, -0.05) is 12.1 Å². The lowest BCUT2D eigenvalue weighted by atomic mass is 10.1. The summed E-state index contributed by atoms with van der Waals surface area (Å²) in [5.41, 5.74) is 2.46. The van der Waals surface area contributed by atoms with Gasteiger partial charge in [0.1, 0.15) is 5.75 Å². The van der Waals surface area contributed by atoms with Gasteiger partial charge >= 0.3 is 0 Å². The molecule has 108 valence electrons. The fraction of sp³-hybridized carbons (Fsp3) is 0.375. The van der Waals surface area contributed by atoms with E-state index in [1.54, 1.807) is 7.11 Å². The monoisotopic (exact) mass is 273 g/mol. The van der Waals surface area contributed by atoms with Crippen molar-refractivity contribution in [3.63, 3.8) is 0 Å². The van der Waals surface area contributed by atoms with Gasteiger partial charge in [0.2, 0.25) is 0 Å². The van der Waals surface area contributed by atoms with E-state index in [1.165, 1.54) is 11.3 Å². The molecule has 1 aromatic carbocycles. The first-order valence-corrected chi connectivity index (χ1v) is 6.84. The van der Waals surface area contributed by atoms with Crippen molar-refractivity contribution in [1.82, 2.24) is 15.2 Å². The zero-order valence-electron chi connectivity index (χ0n) is 12.4. The van der Waals surface area contributed by atoms with Crippen LogP contribution in [-0.4, -0.2) is 37.6 Å². The predicted octanol–water partition coefficient (Wildman–Crippen LogP) is 2.42. The summed E-state index contributed by atoms with van der Waals surface area (Å²) in [6.45, 7) is 1.74. The Labute approximate surface area is 120 Å². The van der Waals surface area contributed by atoms with Gasteiger partial charge in [-0.3, -0.25) is 0 Å². The highest BCUT2D eigenvalue weighted by Crippen LogP contribution is 2.22. The van der Waals surface area contributed by atoms with E-state index in [0.29, 0.717) is 6.04 Å². The van der Waals surface area contributed by atoms with E-state index in [1.807, 2.05) is 24.4 Å². The Morgan fingerprint density at radius 3 is 2.75 bits per heavy atom. The lowest BCUT2D eigenvalue weighted by molar-refractivity contribution is 0.287. The molecule has 0 aliphatic carbocycles. The molecule has 4 heteroatoms. The summed E-state index contributed by atoms with van der Waals surface area (Å²) in [5.74, 6) is 0.902. The van der Waals surface area contributed by atoms with Crippen LogP contribution in [-0.2, 0) is 6.54 Å². The Balaban J connectivity index is 1.99. The molecular formula is C16H23N3O. The van der Waals surface area contributed by atoms with Crippen LogP contribution in [0.5, 0.6) is 5.75 Å². The highest BCUT2D eigenvalue weighted by Gasteiger charge is 2.14. The molecule has 1 unspecified atom stereocenters. The summed E-state index contributed by atoms with van der Waals surface area (Å²) >= 11 is 0. The van der Waals surface area contributed by atoms with Crippen LogP contribution in [0.15, 0.2) is 42.6 Å². The Morgan fingerprint density at radius 2 is 2.10 bits per heavy atom. The largest absolute Gasteiger partial charge is 0.497 e. The molecule has 2 rings (SSSR count). The second-order valence-electron chi connectivity index (χ2n) is 5.08. The van der Waals surface area contributed by atoms with Crippen molar-refractivity contribution in [2.24, 2.45) is 0 Å². The molecule has 0 aliphatic heterocycles. The molecule has 0 fully saturated rings. The van der Waals surface area contributed by atoms with Gasteiger partial charge in [-0.2, -0.15) is 0 Å². The highest BCUT2D eigenvalue weighted by molar-refractivity contribution is 5.30. The minimum absolute atomic E-state index is 0.320. The number of hydrogen-bond acceptors (Lipinski definition) is 3. The number of aromatic nitrogens is 1. The molecule has 1 heterocycles. The summed E-state index contributed by atoms with van der Waals surface area (Å²) < 4.78 is 5.30. The molecule has 1 aromatic heterocycles. The zero-order chi connectivity index (χ0) is 14.4. The summed E-state index contributed by atoms with van der Waals surface area (Å²) in [5, 5.41) is 3.49. The molecule has 0 radical (unpaired) electrons. The Morgan fingerprint density at radius 1 is 1.25 bits per heavy atom. The van der Waals surface area contributed by atoms with Crippen LogP contribution in [0.1, 0.15) is 17.3 Å². The molecule has 0 saturated heterocycles. The number of ether oxygens (including phenoxy) is 1. The maximum atomic E-state index is 5.30. The normalized spacial score (nSPS) is 12.6. The molecule has 2 N–H and O–H groups in total. The maximum Gasteiger partial charge on any atom is 0.119 e. The molecule has 0 bridgehead atoms. The van der Waals surface area contributed by atoms with Gasteiger partial charge in [0.05, 0.1) is 7.11 Å². The van der Waals surface area contributed by atoms with E-state index in [-0.39, 0.29) is 0 Å². The predicted molar refractivity (Wildman–Crippen MR) is 81.9 cm³/mol. The van der Waals surface area contributed by atoms with Crippen molar-refractivity contribution >= 4 is 0 Å². The van der Waals surface area contributed by atoms with E-state index in [9.17, 15) is 0 Å². The molecule has 0 aliphatic rings. The summed E-state index contributed by atoms with van der Waals surface area (Å²) in [6, 6.07) is 12.7. The molecule has 2 aromatic rings. The van der Waals surface area contributed by atoms with Crippen molar-refractivity contribution in [2.75, 3.05) is 27.7 Å². The van der Waals surface area contributed by atoms with Crippen LogP contribution in [0.4, 0.5) is 0 Å². The highest BCUT2D eigenvalue weighted by atomic mass is 16.5. The maximum absolute atomic E-state index is 5.30. The minimum Gasteiger partial charge on any atom is -0.497 e. The SMILES string of the molecule is COc1cccc(C(CNCc2ccc[nH]2)N(C)C)c1. The fourth-order valence-electron chi connectivity index (χ4n) is 2.27. The number of rotatable bonds is 7. The van der Waals surface area contributed by atoms with E-state index < -0.39 is 0 Å². The lowest BCUT2D eigenvalue weighted by Crippen LogP contribution is -2.30. The van der Waals surface area contributed by atoms with E-state index in [0.717, 1.165) is 18.8 Å². The van der Waals surface area contributed by atoms with Gasteiger partial charge in [-0.05, 0) is 43.9 Å². The van der Waals surface area contributed by atoms with Crippen LogP contribution < -0.4 is 10.1 Å². The Bertz CT molecular complexity index is 508. The average Bonchev–Trinajstić information content (AvgIpc) is 2.96. The van der Waals surface area contributed by atoms with Crippen LogP contribution in [0.2, 0.25) is 0 Å². The first-order chi connectivity index (χ1) is 9.70.